The molecule has 1 unspecified atom stereocenters. The van der Waals surface area contributed by atoms with Crippen molar-refractivity contribution >= 4 is 5.82 Å². The van der Waals surface area contributed by atoms with Crippen LogP contribution in [0.15, 0.2) is 17.2 Å². The first-order chi connectivity index (χ1) is 8.72. The first kappa shape index (κ1) is 13.1. The van der Waals surface area contributed by atoms with E-state index in [1.54, 1.807) is 17.0 Å². The quantitative estimate of drug-likeness (QED) is 0.717. The maximum Gasteiger partial charge on any atom is 0.293 e. The molecule has 1 aliphatic rings. The zero-order valence-electron chi connectivity index (χ0n) is 10.9. The molecule has 1 aliphatic carbocycles. The third-order valence-corrected chi connectivity index (χ3v) is 3.38. The molecule has 1 atom stereocenters. The first-order valence-corrected chi connectivity index (χ1v) is 6.73. The van der Waals surface area contributed by atoms with E-state index in [9.17, 15) is 4.79 Å². The minimum absolute atomic E-state index is 0.00636. The number of nitrogens with two attached hydrogens (primary N) is 1. The van der Waals surface area contributed by atoms with Crippen molar-refractivity contribution in [3.63, 3.8) is 0 Å². The Kier molecular flexibility index (Phi) is 4.36. The molecule has 3 N–H and O–H groups in total. The van der Waals surface area contributed by atoms with E-state index in [1.165, 1.54) is 0 Å². The molecule has 5 nitrogen and oxygen atoms in total. The van der Waals surface area contributed by atoms with Crippen molar-refractivity contribution in [2.45, 2.75) is 38.6 Å². The highest BCUT2D eigenvalue weighted by Gasteiger charge is 2.25. The van der Waals surface area contributed by atoms with Crippen LogP contribution in [-0.2, 0) is 0 Å². The Morgan fingerprint density at radius 1 is 1.61 bits per heavy atom. The number of aromatic nitrogens is 2. The average Bonchev–Trinajstić information content (AvgIpc) is 3.20. The average molecular weight is 250 g/mol. The molecule has 0 amide bonds. The van der Waals surface area contributed by atoms with Crippen LogP contribution in [-0.4, -0.2) is 22.6 Å². The van der Waals surface area contributed by atoms with Gasteiger partial charge in [-0.25, -0.2) is 4.98 Å². The van der Waals surface area contributed by atoms with Gasteiger partial charge in [-0.1, -0.05) is 6.92 Å². The van der Waals surface area contributed by atoms with Gasteiger partial charge in [0.25, 0.3) is 5.56 Å². The Labute approximate surface area is 107 Å². The molecule has 18 heavy (non-hydrogen) atoms. The lowest BCUT2D eigenvalue weighted by Crippen LogP contribution is -2.24. The van der Waals surface area contributed by atoms with Crippen LogP contribution < -0.4 is 16.6 Å². The van der Waals surface area contributed by atoms with Crippen LogP contribution >= 0.6 is 0 Å². The summed E-state index contributed by atoms with van der Waals surface area (Å²) in [6.07, 6.45) is 7.78. The van der Waals surface area contributed by atoms with Crippen molar-refractivity contribution in [1.82, 2.24) is 9.55 Å². The molecule has 1 aromatic rings. The predicted molar refractivity (Wildman–Crippen MR) is 72.7 cm³/mol. The Morgan fingerprint density at radius 2 is 2.39 bits per heavy atom. The highest BCUT2D eigenvalue weighted by atomic mass is 16.1. The molecule has 100 valence electrons. The fourth-order valence-corrected chi connectivity index (χ4v) is 1.96. The molecular formula is C13H22N4O. The van der Waals surface area contributed by atoms with Gasteiger partial charge in [0.05, 0.1) is 0 Å². The lowest BCUT2D eigenvalue weighted by Gasteiger charge is -2.10. The van der Waals surface area contributed by atoms with Crippen LogP contribution in [0.25, 0.3) is 0 Å². The van der Waals surface area contributed by atoms with Crippen LogP contribution in [0, 0.1) is 5.92 Å². The van der Waals surface area contributed by atoms with Gasteiger partial charge >= 0.3 is 0 Å². The van der Waals surface area contributed by atoms with E-state index in [1.807, 2.05) is 0 Å². The maximum absolute atomic E-state index is 12.1. The maximum atomic E-state index is 12.1. The summed E-state index contributed by atoms with van der Waals surface area (Å²) in [7, 11) is 0. The minimum Gasteiger partial charge on any atom is -0.365 e. The van der Waals surface area contributed by atoms with Gasteiger partial charge in [0.2, 0.25) is 0 Å². The number of hydrogen-bond donors (Lipinski definition) is 2. The summed E-state index contributed by atoms with van der Waals surface area (Å²) in [6.45, 7) is 3.64. The Hall–Kier alpha value is -1.36. The van der Waals surface area contributed by atoms with Gasteiger partial charge in [0.1, 0.15) is 0 Å². The van der Waals surface area contributed by atoms with E-state index in [-0.39, 0.29) is 5.56 Å². The summed E-state index contributed by atoms with van der Waals surface area (Å²) < 4.78 is 1.79. The first-order valence-electron chi connectivity index (χ1n) is 6.73. The molecule has 0 saturated heterocycles. The van der Waals surface area contributed by atoms with Crippen molar-refractivity contribution < 1.29 is 0 Å². The summed E-state index contributed by atoms with van der Waals surface area (Å²) in [6, 6.07) is 0.401. The van der Waals surface area contributed by atoms with Gasteiger partial charge < -0.3 is 15.6 Å². The molecule has 2 rings (SSSR count). The topological polar surface area (TPSA) is 72.9 Å². The molecule has 1 heterocycles. The summed E-state index contributed by atoms with van der Waals surface area (Å²) in [4.78, 5) is 16.2. The van der Waals surface area contributed by atoms with Crippen LogP contribution in [0.5, 0.6) is 0 Å². The summed E-state index contributed by atoms with van der Waals surface area (Å²) in [5.41, 5.74) is 5.57. The lowest BCUT2D eigenvalue weighted by molar-refractivity contribution is 0.529. The number of nitrogens with one attached hydrogen (secondary N) is 1. The molecule has 0 bridgehead atoms. The molecule has 1 saturated carbocycles. The monoisotopic (exact) mass is 250 g/mol. The number of nitrogens with zero attached hydrogens (tertiary/aromatic N) is 2. The van der Waals surface area contributed by atoms with Crippen molar-refractivity contribution in [2.24, 2.45) is 11.7 Å². The summed E-state index contributed by atoms with van der Waals surface area (Å²) >= 11 is 0. The van der Waals surface area contributed by atoms with Gasteiger partial charge in [-0.15, -0.1) is 0 Å². The van der Waals surface area contributed by atoms with E-state index < -0.39 is 0 Å². The zero-order chi connectivity index (χ0) is 13.0. The summed E-state index contributed by atoms with van der Waals surface area (Å²) in [5, 5.41) is 3.13. The van der Waals surface area contributed by atoms with Crippen LogP contribution in [0.3, 0.4) is 0 Å². The summed E-state index contributed by atoms with van der Waals surface area (Å²) in [5.74, 6) is 1.02. The Morgan fingerprint density at radius 3 is 3.06 bits per heavy atom. The van der Waals surface area contributed by atoms with E-state index in [0.29, 0.717) is 17.8 Å². The molecule has 0 radical (unpaired) electrons. The molecule has 1 fully saturated rings. The molecule has 5 heteroatoms. The standard InChI is InChI=1S/C13H22N4O/c1-10(9-14)3-2-6-15-12-13(18)17(8-7-16-12)11-4-5-11/h7-8,10-11H,2-6,9,14H2,1H3,(H,15,16). The van der Waals surface area contributed by atoms with Crippen LogP contribution in [0.1, 0.15) is 38.6 Å². The van der Waals surface area contributed by atoms with Crippen LogP contribution in [0.2, 0.25) is 0 Å². The van der Waals surface area contributed by atoms with Gasteiger partial charge in [-0.05, 0) is 38.1 Å². The number of anilines is 1. The van der Waals surface area contributed by atoms with Crippen molar-refractivity contribution in [2.75, 3.05) is 18.4 Å². The third-order valence-electron chi connectivity index (χ3n) is 3.38. The fourth-order valence-electron chi connectivity index (χ4n) is 1.96. The number of hydrogen-bond acceptors (Lipinski definition) is 4. The second-order valence-corrected chi connectivity index (χ2v) is 5.13. The van der Waals surface area contributed by atoms with E-state index in [2.05, 4.69) is 17.2 Å². The SMILES string of the molecule is CC(CN)CCCNc1nccn(C2CC2)c1=O. The second-order valence-electron chi connectivity index (χ2n) is 5.13. The van der Waals surface area contributed by atoms with E-state index >= 15 is 0 Å². The van der Waals surface area contributed by atoms with Crippen molar-refractivity contribution in [1.29, 1.82) is 0 Å². The normalized spacial score (nSPS) is 16.6. The van der Waals surface area contributed by atoms with Gasteiger partial charge in [-0.3, -0.25) is 4.79 Å². The second kappa shape index (κ2) is 6.00. The predicted octanol–water partition coefficient (Wildman–Crippen LogP) is 1.37. The van der Waals surface area contributed by atoms with Crippen LogP contribution in [0.4, 0.5) is 5.82 Å². The van der Waals surface area contributed by atoms with E-state index in [4.69, 9.17) is 5.73 Å². The zero-order valence-corrected chi connectivity index (χ0v) is 10.9. The van der Waals surface area contributed by atoms with Crippen molar-refractivity contribution in [3.05, 3.63) is 22.7 Å². The molecule has 0 aromatic carbocycles. The molecule has 0 spiro atoms. The van der Waals surface area contributed by atoms with Gasteiger partial charge in [0.15, 0.2) is 5.82 Å². The van der Waals surface area contributed by atoms with E-state index in [0.717, 1.165) is 38.8 Å². The Balaban J connectivity index is 1.86. The van der Waals surface area contributed by atoms with Gasteiger partial charge in [0, 0.05) is 25.0 Å². The Bertz CT molecular complexity index is 439. The van der Waals surface area contributed by atoms with Crippen molar-refractivity contribution in [3.8, 4) is 0 Å². The molecule has 0 aliphatic heterocycles. The largest absolute Gasteiger partial charge is 0.365 e. The minimum atomic E-state index is 0.00636. The lowest BCUT2D eigenvalue weighted by atomic mass is 10.1. The smallest absolute Gasteiger partial charge is 0.293 e. The fraction of sp³-hybridized carbons (Fsp3) is 0.692. The molecular weight excluding hydrogens is 228 g/mol. The molecule has 1 aromatic heterocycles. The number of rotatable bonds is 7. The third kappa shape index (κ3) is 3.32. The van der Waals surface area contributed by atoms with Gasteiger partial charge in [-0.2, -0.15) is 0 Å². The highest BCUT2D eigenvalue weighted by molar-refractivity contribution is 5.30. The highest BCUT2D eigenvalue weighted by Crippen LogP contribution is 2.33.